The van der Waals surface area contributed by atoms with Gasteiger partial charge in [-0.15, -0.1) is 0 Å². The van der Waals surface area contributed by atoms with Crippen molar-refractivity contribution in [1.82, 2.24) is 4.98 Å². The van der Waals surface area contributed by atoms with Crippen molar-refractivity contribution in [2.24, 2.45) is 0 Å². The van der Waals surface area contributed by atoms with Crippen LogP contribution in [0.5, 0.6) is 17.4 Å². The number of anilines is 1. The van der Waals surface area contributed by atoms with E-state index >= 15 is 0 Å². The van der Waals surface area contributed by atoms with Crippen LogP contribution in [-0.2, 0) is 0 Å². The van der Waals surface area contributed by atoms with Crippen molar-refractivity contribution < 1.29 is 9.47 Å². The van der Waals surface area contributed by atoms with Gasteiger partial charge in [0.05, 0.1) is 24.0 Å². The minimum atomic E-state index is 0.455. The lowest BCUT2D eigenvalue weighted by Gasteiger charge is -2.06. The highest BCUT2D eigenvalue weighted by Crippen LogP contribution is 2.27. The maximum Gasteiger partial charge on any atom is 0.219 e. The maximum atomic E-state index is 5.88. The van der Waals surface area contributed by atoms with Crippen LogP contribution in [0.15, 0.2) is 36.5 Å². The standard InChI is InChI=1S/C12H11ClN2O2/c1-16-9-3-5-12(15-7-9)17-8-2-4-11(14)10(13)6-8/h2-7H,14H2,1H3. The molecule has 2 N–H and O–H groups in total. The molecule has 0 amide bonds. The van der Waals surface area contributed by atoms with Crippen LogP contribution in [0.1, 0.15) is 0 Å². The van der Waals surface area contributed by atoms with Crippen molar-refractivity contribution in [2.45, 2.75) is 0 Å². The van der Waals surface area contributed by atoms with E-state index in [0.29, 0.717) is 28.1 Å². The van der Waals surface area contributed by atoms with Crippen LogP contribution < -0.4 is 15.2 Å². The number of nitrogens with two attached hydrogens (primary N) is 1. The molecule has 2 rings (SSSR count). The summed E-state index contributed by atoms with van der Waals surface area (Å²) >= 11 is 5.88. The first-order valence-corrected chi connectivity index (χ1v) is 5.30. The summed E-state index contributed by atoms with van der Waals surface area (Å²) < 4.78 is 10.5. The molecule has 1 aromatic carbocycles. The molecule has 17 heavy (non-hydrogen) atoms. The first-order chi connectivity index (χ1) is 8.19. The van der Waals surface area contributed by atoms with Crippen LogP contribution in [0.4, 0.5) is 5.69 Å². The fraction of sp³-hybridized carbons (Fsp3) is 0.0833. The average Bonchev–Trinajstić information content (AvgIpc) is 2.35. The van der Waals surface area contributed by atoms with Gasteiger partial charge in [0.1, 0.15) is 11.5 Å². The zero-order chi connectivity index (χ0) is 12.3. The average molecular weight is 251 g/mol. The number of nitrogen functional groups attached to an aromatic ring is 1. The van der Waals surface area contributed by atoms with Gasteiger partial charge in [-0.25, -0.2) is 4.98 Å². The van der Waals surface area contributed by atoms with E-state index in [2.05, 4.69) is 4.98 Å². The summed E-state index contributed by atoms with van der Waals surface area (Å²) in [6, 6.07) is 8.53. The molecule has 0 bridgehead atoms. The van der Waals surface area contributed by atoms with E-state index in [0.717, 1.165) is 0 Å². The Morgan fingerprint density at radius 1 is 1.18 bits per heavy atom. The number of ether oxygens (including phenoxy) is 2. The third-order valence-electron chi connectivity index (χ3n) is 2.14. The molecular weight excluding hydrogens is 240 g/mol. The fourth-order valence-electron chi connectivity index (χ4n) is 1.24. The minimum Gasteiger partial charge on any atom is -0.495 e. The molecule has 0 aliphatic rings. The Balaban J connectivity index is 2.16. The molecule has 0 aliphatic heterocycles. The number of hydrogen-bond donors (Lipinski definition) is 1. The van der Waals surface area contributed by atoms with Gasteiger partial charge < -0.3 is 15.2 Å². The van der Waals surface area contributed by atoms with E-state index in [1.165, 1.54) is 0 Å². The van der Waals surface area contributed by atoms with Gasteiger partial charge in [-0.3, -0.25) is 0 Å². The Kier molecular flexibility index (Phi) is 3.35. The highest BCUT2D eigenvalue weighted by molar-refractivity contribution is 6.33. The number of hydrogen-bond acceptors (Lipinski definition) is 4. The number of nitrogens with zero attached hydrogens (tertiary/aromatic N) is 1. The van der Waals surface area contributed by atoms with E-state index in [1.807, 2.05) is 0 Å². The van der Waals surface area contributed by atoms with Gasteiger partial charge in [0.25, 0.3) is 0 Å². The van der Waals surface area contributed by atoms with Gasteiger partial charge in [-0.2, -0.15) is 0 Å². The molecule has 0 saturated heterocycles. The molecule has 0 atom stereocenters. The quantitative estimate of drug-likeness (QED) is 0.851. The van der Waals surface area contributed by atoms with Crippen molar-refractivity contribution in [3.05, 3.63) is 41.6 Å². The van der Waals surface area contributed by atoms with Gasteiger partial charge in [0.15, 0.2) is 0 Å². The first kappa shape index (κ1) is 11.5. The number of benzene rings is 1. The zero-order valence-electron chi connectivity index (χ0n) is 9.18. The third kappa shape index (κ3) is 2.79. The van der Waals surface area contributed by atoms with Crippen molar-refractivity contribution in [1.29, 1.82) is 0 Å². The lowest BCUT2D eigenvalue weighted by molar-refractivity contribution is 0.408. The molecule has 5 heteroatoms. The molecule has 0 aliphatic carbocycles. The molecule has 88 valence electrons. The number of aromatic nitrogens is 1. The number of methoxy groups -OCH3 is 1. The number of rotatable bonds is 3. The summed E-state index contributed by atoms with van der Waals surface area (Å²) in [6.45, 7) is 0. The van der Waals surface area contributed by atoms with Gasteiger partial charge in [0, 0.05) is 12.1 Å². The van der Waals surface area contributed by atoms with Crippen molar-refractivity contribution in [3.63, 3.8) is 0 Å². The predicted molar refractivity (Wildman–Crippen MR) is 66.7 cm³/mol. The summed E-state index contributed by atoms with van der Waals surface area (Å²) in [6.07, 6.45) is 1.58. The summed E-state index contributed by atoms with van der Waals surface area (Å²) in [5.41, 5.74) is 6.12. The topological polar surface area (TPSA) is 57.4 Å². The molecule has 2 aromatic rings. The molecule has 1 aromatic heterocycles. The Morgan fingerprint density at radius 3 is 2.53 bits per heavy atom. The van der Waals surface area contributed by atoms with E-state index in [4.69, 9.17) is 26.8 Å². The molecule has 0 saturated carbocycles. The molecule has 0 fully saturated rings. The minimum absolute atomic E-state index is 0.455. The normalized spacial score (nSPS) is 10.0. The second kappa shape index (κ2) is 4.93. The second-order valence-electron chi connectivity index (χ2n) is 3.32. The molecule has 0 radical (unpaired) electrons. The Morgan fingerprint density at radius 2 is 1.94 bits per heavy atom. The lowest BCUT2D eigenvalue weighted by Crippen LogP contribution is -1.91. The molecule has 1 heterocycles. The second-order valence-corrected chi connectivity index (χ2v) is 3.73. The van der Waals surface area contributed by atoms with Gasteiger partial charge >= 0.3 is 0 Å². The van der Waals surface area contributed by atoms with Crippen molar-refractivity contribution in [3.8, 4) is 17.4 Å². The van der Waals surface area contributed by atoms with Gasteiger partial charge in [-0.05, 0) is 18.2 Å². The van der Waals surface area contributed by atoms with Crippen LogP contribution in [0.25, 0.3) is 0 Å². The van der Waals surface area contributed by atoms with E-state index < -0.39 is 0 Å². The van der Waals surface area contributed by atoms with Crippen LogP contribution in [-0.4, -0.2) is 12.1 Å². The third-order valence-corrected chi connectivity index (χ3v) is 2.47. The largest absolute Gasteiger partial charge is 0.495 e. The Labute approximate surface area is 104 Å². The summed E-state index contributed by atoms with van der Waals surface area (Å²) in [4.78, 5) is 4.08. The SMILES string of the molecule is COc1ccc(Oc2ccc(N)c(Cl)c2)nc1. The highest BCUT2D eigenvalue weighted by atomic mass is 35.5. The summed E-state index contributed by atoms with van der Waals surface area (Å²) in [7, 11) is 1.58. The first-order valence-electron chi connectivity index (χ1n) is 4.92. The molecule has 0 unspecified atom stereocenters. The predicted octanol–water partition coefficient (Wildman–Crippen LogP) is 3.12. The van der Waals surface area contributed by atoms with E-state index in [-0.39, 0.29) is 0 Å². The summed E-state index contributed by atoms with van der Waals surface area (Å²) in [5.74, 6) is 1.72. The van der Waals surface area contributed by atoms with Crippen LogP contribution in [0.3, 0.4) is 0 Å². The van der Waals surface area contributed by atoms with Crippen LogP contribution >= 0.6 is 11.6 Å². The Hall–Kier alpha value is -1.94. The van der Waals surface area contributed by atoms with E-state index in [9.17, 15) is 0 Å². The van der Waals surface area contributed by atoms with Gasteiger partial charge in [-0.1, -0.05) is 11.6 Å². The number of halogens is 1. The zero-order valence-corrected chi connectivity index (χ0v) is 9.94. The smallest absolute Gasteiger partial charge is 0.219 e. The van der Waals surface area contributed by atoms with Gasteiger partial charge in [0.2, 0.25) is 5.88 Å². The maximum absolute atomic E-state index is 5.88. The van der Waals surface area contributed by atoms with Crippen LogP contribution in [0, 0.1) is 0 Å². The Bertz CT molecular complexity index is 514. The van der Waals surface area contributed by atoms with Crippen molar-refractivity contribution >= 4 is 17.3 Å². The monoisotopic (exact) mass is 250 g/mol. The molecule has 4 nitrogen and oxygen atoms in total. The molecular formula is C12H11ClN2O2. The summed E-state index contributed by atoms with van der Waals surface area (Å²) in [5, 5.41) is 0.455. The number of pyridine rings is 1. The molecule has 0 spiro atoms. The lowest BCUT2D eigenvalue weighted by atomic mass is 10.3. The van der Waals surface area contributed by atoms with Crippen molar-refractivity contribution in [2.75, 3.05) is 12.8 Å². The fourth-order valence-corrected chi connectivity index (χ4v) is 1.41. The van der Waals surface area contributed by atoms with E-state index in [1.54, 1.807) is 43.6 Å². The van der Waals surface area contributed by atoms with Crippen LogP contribution in [0.2, 0.25) is 5.02 Å². The highest BCUT2D eigenvalue weighted by Gasteiger charge is 2.02.